The van der Waals surface area contributed by atoms with Crippen LogP contribution in [0.15, 0.2) is 126 Å². The summed E-state index contributed by atoms with van der Waals surface area (Å²) < 4.78 is 6.08. The third kappa shape index (κ3) is 5.87. The number of carbonyl (C=O) groups is 1. The third-order valence-electron chi connectivity index (χ3n) is 5.75. The van der Waals surface area contributed by atoms with Crippen LogP contribution in [0.2, 0.25) is 0 Å². The molecule has 4 aromatic rings. The fourth-order valence-corrected chi connectivity index (χ4v) is 3.90. The smallest absolute Gasteiger partial charge is 0.332 e. The monoisotopic (exact) mass is 447 g/mol. The molecule has 34 heavy (non-hydrogen) atoms. The molecule has 0 spiro atoms. The molecule has 0 aromatic heterocycles. The molecule has 0 radical (unpaired) electrons. The number of hydrogen-bond acceptors (Lipinski definition) is 3. The van der Waals surface area contributed by atoms with Gasteiger partial charge in [-0.25, -0.2) is 4.79 Å². The minimum absolute atomic E-state index is 0.345. The molecule has 0 amide bonds. The van der Waals surface area contributed by atoms with Crippen LogP contribution in [0.1, 0.15) is 36.1 Å². The Bertz CT molecular complexity index is 1180. The molecule has 4 aromatic carbocycles. The normalized spacial score (nSPS) is 11.9. The van der Waals surface area contributed by atoms with Gasteiger partial charge in [0.25, 0.3) is 0 Å². The topological polar surface area (TPSA) is 38.7 Å². The van der Waals surface area contributed by atoms with E-state index in [1.807, 2.05) is 135 Å². The number of carbonyl (C=O) groups excluding carboxylic acids is 1. The molecule has 3 heteroatoms. The van der Waals surface area contributed by atoms with E-state index in [0.717, 1.165) is 28.0 Å². The quantitative estimate of drug-likeness (QED) is 0.225. The van der Waals surface area contributed by atoms with Crippen molar-refractivity contribution in [1.29, 1.82) is 0 Å². The lowest BCUT2D eigenvalue weighted by Crippen LogP contribution is -2.33. The van der Waals surface area contributed by atoms with E-state index in [2.05, 4.69) is 0 Å². The Hall–Kier alpha value is -3.98. The zero-order valence-corrected chi connectivity index (χ0v) is 19.6. The standard InChI is InChI=1S/C31H29NO2/c1-31(2,27-21-13-6-14-22-27)34-30(33)28(23-24-15-7-3-8-16-24)32-29(25-17-9-4-10-18-25)26-19-11-5-12-20-26/h3-22,28H,23H2,1-2H3/t28-/m1/s1. The van der Waals surface area contributed by atoms with Gasteiger partial charge in [-0.1, -0.05) is 121 Å². The van der Waals surface area contributed by atoms with E-state index < -0.39 is 11.6 Å². The molecule has 1 atom stereocenters. The van der Waals surface area contributed by atoms with Crippen LogP contribution < -0.4 is 0 Å². The molecule has 0 aliphatic rings. The molecule has 0 heterocycles. The van der Waals surface area contributed by atoms with Crippen LogP contribution in [0.4, 0.5) is 0 Å². The molecular weight excluding hydrogens is 418 g/mol. The summed E-state index contributed by atoms with van der Waals surface area (Å²) in [6.45, 7) is 3.83. The van der Waals surface area contributed by atoms with Gasteiger partial charge in [0.15, 0.2) is 6.04 Å². The number of rotatable bonds is 8. The van der Waals surface area contributed by atoms with Crippen LogP contribution in [-0.4, -0.2) is 17.7 Å². The van der Waals surface area contributed by atoms with Crippen molar-refractivity contribution in [1.82, 2.24) is 0 Å². The van der Waals surface area contributed by atoms with E-state index in [1.54, 1.807) is 0 Å². The van der Waals surface area contributed by atoms with Gasteiger partial charge in [-0.3, -0.25) is 4.99 Å². The predicted molar refractivity (Wildman–Crippen MR) is 138 cm³/mol. The summed E-state index contributed by atoms with van der Waals surface area (Å²) in [5, 5.41) is 0. The second-order valence-electron chi connectivity index (χ2n) is 8.71. The van der Waals surface area contributed by atoms with E-state index in [1.165, 1.54) is 0 Å². The Morgan fingerprint density at radius 2 is 1.15 bits per heavy atom. The van der Waals surface area contributed by atoms with Gasteiger partial charge in [0.05, 0.1) is 5.71 Å². The average molecular weight is 448 g/mol. The lowest BCUT2D eigenvalue weighted by molar-refractivity contribution is -0.159. The summed E-state index contributed by atoms with van der Waals surface area (Å²) in [7, 11) is 0. The first-order chi connectivity index (χ1) is 16.5. The van der Waals surface area contributed by atoms with Gasteiger partial charge in [-0.05, 0) is 25.0 Å². The molecule has 0 saturated heterocycles. The van der Waals surface area contributed by atoms with E-state index in [-0.39, 0.29) is 5.97 Å². The van der Waals surface area contributed by atoms with E-state index >= 15 is 0 Å². The molecule has 0 bridgehead atoms. The average Bonchev–Trinajstić information content (AvgIpc) is 2.88. The number of ether oxygens (including phenoxy) is 1. The second kappa shape index (κ2) is 10.8. The highest BCUT2D eigenvalue weighted by Gasteiger charge is 2.30. The first-order valence-corrected chi connectivity index (χ1v) is 11.5. The Morgan fingerprint density at radius 1 is 0.706 bits per heavy atom. The van der Waals surface area contributed by atoms with Gasteiger partial charge in [0, 0.05) is 17.5 Å². The van der Waals surface area contributed by atoms with Crippen LogP contribution in [0.25, 0.3) is 0 Å². The molecule has 0 aliphatic carbocycles. The van der Waals surface area contributed by atoms with Gasteiger partial charge < -0.3 is 4.74 Å². The van der Waals surface area contributed by atoms with Crippen LogP contribution in [0.5, 0.6) is 0 Å². The first-order valence-electron chi connectivity index (χ1n) is 11.5. The van der Waals surface area contributed by atoms with Crippen molar-refractivity contribution in [3.8, 4) is 0 Å². The highest BCUT2D eigenvalue weighted by molar-refractivity contribution is 6.13. The maximum Gasteiger partial charge on any atom is 0.332 e. The maximum absolute atomic E-state index is 13.6. The molecule has 4 rings (SSSR count). The zero-order valence-electron chi connectivity index (χ0n) is 19.6. The lowest BCUT2D eigenvalue weighted by Gasteiger charge is -2.27. The molecule has 0 N–H and O–H groups in total. The highest BCUT2D eigenvalue weighted by atomic mass is 16.6. The van der Waals surface area contributed by atoms with Gasteiger partial charge in [0.1, 0.15) is 5.60 Å². The second-order valence-corrected chi connectivity index (χ2v) is 8.71. The van der Waals surface area contributed by atoms with Crippen molar-refractivity contribution in [3.63, 3.8) is 0 Å². The highest BCUT2D eigenvalue weighted by Crippen LogP contribution is 2.26. The Balaban J connectivity index is 1.74. The van der Waals surface area contributed by atoms with E-state index in [9.17, 15) is 4.79 Å². The van der Waals surface area contributed by atoms with Crippen molar-refractivity contribution in [2.75, 3.05) is 0 Å². The molecule has 0 saturated carbocycles. The fourth-order valence-electron chi connectivity index (χ4n) is 3.90. The minimum atomic E-state index is -0.775. The fraction of sp³-hybridized carbons (Fsp3) is 0.161. The summed E-state index contributed by atoms with van der Waals surface area (Å²) in [4.78, 5) is 18.6. The number of aliphatic imine (C=N–C) groups is 1. The Labute approximate surface area is 201 Å². The van der Waals surface area contributed by atoms with Crippen LogP contribution in [0, 0.1) is 0 Å². The van der Waals surface area contributed by atoms with Crippen molar-refractivity contribution in [2.45, 2.75) is 31.9 Å². The number of esters is 1. The summed E-state index contributed by atoms with van der Waals surface area (Å²) in [6.07, 6.45) is 0.452. The van der Waals surface area contributed by atoms with Crippen LogP contribution in [-0.2, 0) is 21.6 Å². The lowest BCUT2D eigenvalue weighted by atomic mass is 9.97. The maximum atomic E-state index is 13.6. The van der Waals surface area contributed by atoms with Crippen LogP contribution >= 0.6 is 0 Å². The summed E-state index contributed by atoms with van der Waals surface area (Å²) in [5.41, 5.74) is 3.89. The largest absolute Gasteiger partial charge is 0.453 e. The molecular formula is C31H29NO2. The van der Waals surface area contributed by atoms with Gasteiger partial charge >= 0.3 is 5.97 Å². The van der Waals surface area contributed by atoms with Gasteiger partial charge in [0.2, 0.25) is 0 Å². The Morgan fingerprint density at radius 3 is 1.65 bits per heavy atom. The minimum Gasteiger partial charge on any atom is -0.453 e. The molecule has 0 fully saturated rings. The first kappa shape index (κ1) is 23.2. The Kier molecular flexibility index (Phi) is 7.34. The number of benzene rings is 4. The van der Waals surface area contributed by atoms with Crippen molar-refractivity contribution in [3.05, 3.63) is 144 Å². The summed E-state index contributed by atoms with van der Waals surface area (Å²) in [5.74, 6) is -0.345. The van der Waals surface area contributed by atoms with Gasteiger partial charge in [-0.15, -0.1) is 0 Å². The third-order valence-corrected chi connectivity index (χ3v) is 5.75. The number of nitrogens with zero attached hydrogens (tertiary/aromatic N) is 1. The van der Waals surface area contributed by atoms with Crippen molar-refractivity contribution in [2.24, 2.45) is 4.99 Å². The van der Waals surface area contributed by atoms with Gasteiger partial charge in [-0.2, -0.15) is 0 Å². The van der Waals surface area contributed by atoms with Crippen molar-refractivity contribution >= 4 is 11.7 Å². The molecule has 170 valence electrons. The number of hydrogen-bond donors (Lipinski definition) is 0. The zero-order chi connectivity index (χ0) is 23.8. The van der Waals surface area contributed by atoms with E-state index in [0.29, 0.717) is 6.42 Å². The summed E-state index contributed by atoms with van der Waals surface area (Å²) >= 11 is 0. The van der Waals surface area contributed by atoms with Crippen LogP contribution in [0.3, 0.4) is 0 Å². The molecule has 0 aliphatic heterocycles. The summed E-state index contributed by atoms with van der Waals surface area (Å²) in [6, 6.07) is 39.0. The van der Waals surface area contributed by atoms with Crippen molar-refractivity contribution < 1.29 is 9.53 Å². The predicted octanol–water partition coefficient (Wildman–Crippen LogP) is 6.61. The molecule has 3 nitrogen and oxygen atoms in total. The SMILES string of the molecule is CC(C)(OC(=O)[C@@H](Cc1ccccc1)N=C(c1ccccc1)c1ccccc1)c1ccccc1. The van der Waals surface area contributed by atoms with E-state index in [4.69, 9.17) is 9.73 Å². The molecule has 0 unspecified atom stereocenters.